The zero-order valence-electron chi connectivity index (χ0n) is 14.3. The number of hydrogen-bond acceptors (Lipinski definition) is 4. The lowest BCUT2D eigenvalue weighted by Gasteiger charge is -2.11. The van der Waals surface area contributed by atoms with Crippen molar-refractivity contribution in [1.82, 2.24) is 18.7 Å². The maximum atomic E-state index is 12.2. The first kappa shape index (κ1) is 17.5. The Bertz CT molecular complexity index is 1050. The second-order valence-corrected chi connectivity index (χ2v) is 6.59. The molecule has 1 aromatic carbocycles. The fourth-order valence-corrected chi connectivity index (χ4v) is 3.31. The summed E-state index contributed by atoms with van der Waals surface area (Å²) in [6.07, 6.45) is 0.710. The normalized spacial score (nSPS) is 11.2. The van der Waals surface area contributed by atoms with Crippen LogP contribution >= 0.6 is 15.9 Å². The Balaban J connectivity index is 1.83. The summed E-state index contributed by atoms with van der Waals surface area (Å²) < 4.78 is 10.6. The molecule has 0 saturated heterocycles. The van der Waals surface area contributed by atoms with E-state index in [2.05, 4.69) is 20.9 Å². The summed E-state index contributed by atoms with van der Waals surface area (Å²) in [6, 6.07) is 7.85. The number of aromatic nitrogens is 4. The number of halogens is 1. The lowest BCUT2D eigenvalue weighted by molar-refractivity contribution is 0.300. The van der Waals surface area contributed by atoms with Crippen molar-refractivity contribution in [3.05, 3.63) is 55.4 Å². The molecular formula is C17H19BrN4O3. The highest BCUT2D eigenvalue weighted by Gasteiger charge is 2.17. The Labute approximate surface area is 152 Å². The maximum Gasteiger partial charge on any atom is 0.332 e. The third kappa shape index (κ3) is 3.13. The molecule has 0 aliphatic rings. The molecule has 0 unspecified atom stereocenters. The quantitative estimate of drug-likeness (QED) is 0.479. The van der Waals surface area contributed by atoms with Gasteiger partial charge in [0.25, 0.3) is 5.56 Å². The van der Waals surface area contributed by atoms with Crippen LogP contribution in [-0.4, -0.2) is 25.3 Å². The van der Waals surface area contributed by atoms with E-state index in [1.165, 1.54) is 11.6 Å². The molecule has 0 saturated carbocycles. The molecule has 0 fully saturated rings. The highest BCUT2D eigenvalue weighted by atomic mass is 79.9. The minimum absolute atomic E-state index is 0.274. The molecule has 25 heavy (non-hydrogen) atoms. The summed E-state index contributed by atoms with van der Waals surface area (Å²) in [6.45, 7) is 3.10. The average molecular weight is 407 g/mol. The Morgan fingerprint density at radius 1 is 1.16 bits per heavy atom. The van der Waals surface area contributed by atoms with Crippen LogP contribution in [0.2, 0.25) is 0 Å². The number of hydrogen-bond donors (Lipinski definition) is 0. The molecule has 7 nitrogen and oxygen atoms in total. The summed E-state index contributed by atoms with van der Waals surface area (Å²) in [4.78, 5) is 28.7. The highest BCUT2D eigenvalue weighted by Crippen LogP contribution is 2.18. The SMILES string of the molecule is Cc1ccccc1OCCCn1c(Br)nc2c(=O)n(C)c(=O)n(C)c21. The molecule has 0 radical (unpaired) electrons. The lowest BCUT2D eigenvalue weighted by Crippen LogP contribution is -2.37. The van der Waals surface area contributed by atoms with E-state index in [0.29, 0.717) is 30.0 Å². The van der Waals surface area contributed by atoms with Crippen molar-refractivity contribution in [2.24, 2.45) is 14.1 Å². The zero-order valence-corrected chi connectivity index (χ0v) is 15.9. The van der Waals surface area contributed by atoms with Crippen LogP contribution in [0.15, 0.2) is 38.6 Å². The molecule has 132 valence electrons. The van der Waals surface area contributed by atoms with E-state index in [1.54, 1.807) is 7.05 Å². The van der Waals surface area contributed by atoms with E-state index >= 15 is 0 Å². The van der Waals surface area contributed by atoms with Crippen molar-refractivity contribution in [1.29, 1.82) is 0 Å². The van der Waals surface area contributed by atoms with Crippen molar-refractivity contribution >= 4 is 27.1 Å². The molecule has 2 aromatic heterocycles. The van der Waals surface area contributed by atoms with Crippen LogP contribution in [0.25, 0.3) is 11.2 Å². The van der Waals surface area contributed by atoms with Gasteiger partial charge in [0.05, 0.1) is 6.61 Å². The van der Waals surface area contributed by atoms with E-state index in [0.717, 1.165) is 15.9 Å². The third-order valence-corrected chi connectivity index (χ3v) is 4.78. The number of para-hydroxylation sites is 1. The maximum absolute atomic E-state index is 12.2. The molecule has 0 spiro atoms. The minimum Gasteiger partial charge on any atom is -0.493 e. The number of rotatable bonds is 5. The summed E-state index contributed by atoms with van der Waals surface area (Å²) in [7, 11) is 3.09. The van der Waals surface area contributed by atoms with Crippen LogP contribution < -0.4 is 16.0 Å². The predicted octanol–water partition coefficient (Wildman–Crippen LogP) is 1.97. The Morgan fingerprint density at radius 3 is 2.60 bits per heavy atom. The Hall–Kier alpha value is -2.35. The van der Waals surface area contributed by atoms with E-state index in [1.807, 2.05) is 35.8 Å². The van der Waals surface area contributed by atoms with Gasteiger partial charge in [-0.25, -0.2) is 9.78 Å². The lowest BCUT2D eigenvalue weighted by atomic mass is 10.2. The van der Waals surface area contributed by atoms with E-state index in [-0.39, 0.29) is 11.2 Å². The first-order valence-corrected chi connectivity index (χ1v) is 8.71. The van der Waals surface area contributed by atoms with Crippen LogP contribution in [-0.2, 0) is 20.6 Å². The van der Waals surface area contributed by atoms with Gasteiger partial charge in [-0.15, -0.1) is 0 Å². The Kier molecular flexibility index (Phi) is 4.80. The summed E-state index contributed by atoms with van der Waals surface area (Å²) in [5.41, 5.74) is 1.10. The molecule has 0 bridgehead atoms. The number of fused-ring (bicyclic) bond motifs is 1. The van der Waals surface area contributed by atoms with Gasteiger partial charge in [-0.2, -0.15) is 0 Å². The van der Waals surface area contributed by atoms with Gasteiger partial charge in [0.2, 0.25) is 0 Å². The number of nitrogens with zero attached hydrogens (tertiary/aromatic N) is 4. The van der Waals surface area contributed by atoms with Crippen LogP contribution in [0.3, 0.4) is 0 Å². The van der Waals surface area contributed by atoms with Crippen molar-refractivity contribution in [3.63, 3.8) is 0 Å². The van der Waals surface area contributed by atoms with Crippen molar-refractivity contribution in [3.8, 4) is 5.75 Å². The molecular weight excluding hydrogens is 388 g/mol. The van der Waals surface area contributed by atoms with Gasteiger partial charge >= 0.3 is 5.69 Å². The largest absolute Gasteiger partial charge is 0.493 e. The summed E-state index contributed by atoms with van der Waals surface area (Å²) >= 11 is 3.38. The number of benzene rings is 1. The Morgan fingerprint density at radius 2 is 1.88 bits per heavy atom. The smallest absolute Gasteiger partial charge is 0.332 e. The van der Waals surface area contributed by atoms with Crippen LogP contribution in [0.1, 0.15) is 12.0 Å². The molecule has 0 N–H and O–H groups in total. The molecule has 3 rings (SSSR count). The van der Waals surface area contributed by atoms with Crippen LogP contribution in [0, 0.1) is 6.92 Å². The fraction of sp³-hybridized carbons (Fsp3) is 0.353. The monoisotopic (exact) mass is 406 g/mol. The van der Waals surface area contributed by atoms with E-state index in [4.69, 9.17) is 4.74 Å². The van der Waals surface area contributed by atoms with E-state index in [9.17, 15) is 9.59 Å². The molecule has 2 heterocycles. The second-order valence-electron chi connectivity index (χ2n) is 5.88. The average Bonchev–Trinajstić information content (AvgIpc) is 2.93. The molecule has 0 atom stereocenters. The van der Waals surface area contributed by atoms with Gasteiger partial charge in [-0.05, 0) is 40.9 Å². The first-order valence-electron chi connectivity index (χ1n) is 7.92. The highest BCUT2D eigenvalue weighted by molar-refractivity contribution is 9.10. The minimum atomic E-state index is -0.395. The third-order valence-electron chi connectivity index (χ3n) is 4.17. The molecule has 0 amide bonds. The van der Waals surface area contributed by atoms with Crippen LogP contribution in [0.4, 0.5) is 0 Å². The topological polar surface area (TPSA) is 71.1 Å². The fourth-order valence-electron chi connectivity index (χ4n) is 2.78. The zero-order chi connectivity index (χ0) is 18.1. The number of ether oxygens (including phenoxy) is 1. The molecule has 3 aromatic rings. The van der Waals surface area contributed by atoms with Gasteiger partial charge in [-0.1, -0.05) is 18.2 Å². The number of aryl methyl sites for hydroxylation is 3. The van der Waals surface area contributed by atoms with Gasteiger partial charge in [0, 0.05) is 20.6 Å². The van der Waals surface area contributed by atoms with Crippen LogP contribution in [0.5, 0.6) is 5.75 Å². The van der Waals surface area contributed by atoms with Crippen molar-refractivity contribution in [2.45, 2.75) is 19.9 Å². The molecule has 0 aliphatic carbocycles. The van der Waals surface area contributed by atoms with Gasteiger partial charge < -0.3 is 9.30 Å². The van der Waals surface area contributed by atoms with Gasteiger partial charge in [0.1, 0.15) is 5.75 Å². The number of imidazole rings is 1. The summed E-state index contributed by atoms with van der Waals surface area (Å²) in [5, 5.41) is 0. The standard InChI is InChI=1S/C17H19BrN4O3/c1-11-7-4-5-8-12(11)25-10-6-9-22-14-13(19-16(22)18)15(23)21(3)17(24)20(14)2/h4-5,7-8H,6,9-10H2,1-3H3. The van der Waals surface area contributed by atoms with E-state index < -0.39 is 5.56 Å². The van der Waals surface area contributed by atoms with Gasteiger partial charge in [0.15, 0.2) is 15.9 Å². The second kappa shape index (κ2) is 6.87. The van der Waals surface area contributed by atoms with Crippen molar-refractivity contribution in [2.75, 3.05) is 6.61 Å². The predicted molar refractivity (Wildman–Crippen MR) is 99.2 cm³/mol. The summed E-state index contributed by atoms with van der Waals surface area (Å²) in [5.74, 6) is 0.860. The first-order chi connectivity index (χ1) is 11.9. The molecule has 8 heteroatoms. The molecule has 0 aliphatic heterocycles. The van der Waals surface area contributed by atoms with Gasteiger partial charge in [-0.3, -0.25) is 13.9 Å². The van der Waals surface area contributed by atoms with Crippen molar-refractivity contribution < 1.29 is 4.74 Å².